The second kappa shape index (κ2) is 7.31. The van der Waals surface area contributed by atoms with Crippen LogP contribution in [0.2, 0.25) is 5.02 Å². The molecule has 0 atom stereocenters. The van der Waals surface area contributed by atoms with Gasteiger partial charge in [-0.2, -0.15) is 0 Å². The van der Waals surface area contributed by atoms with Gasteiger partial charge in [0, 0.05) is 10.9 Å². The van der Waals surface area contributed by atoms with Crippen molar-refractivity contribution in [2.45, 2.75) is 58.8 Å². The lowest BCUT2D eigenvalue weighted by atomic mass is 9.83. The van der Waals surface area contributed by atoms with E-state index in [1.165, 1.54) is 6.42 Å². The molecule has 0 amide bonds. The average molecular weight is 309 g/mol. The number of carbonyl (C=O) groups is 1. The van der Waals surface area contributed by atoms with Gasteiger partial charge in [-0.25, -0.2) is 0 Å². The molecule has 0 spiro atoms. The molecule has 0 aliphatic heterocycles. The first-order valence-corrected chi connectivity index (χ1v) is 8.42. The summed E-state index contributed by atoms with van der Waals surface area (Å²) in [5.41, 5.74) is 1.71. The molecule has 0 unspecified atom stereocenters. The molecule has 1 aromatic carbocycles. The van der Waals surface area contributed by atoms with Gasteiger partial charge >= 0.3 is 0 Å². The Bertz CT molecular complexity index is 502. The number of ether oxygens (including phenoxy) is 1. The van der Waals surface area contributed by atoms with E-state index in [-0.39, 0.29) is 17.6 Å². The zero-order chi connectivity index (χ0) is 15.4. The average Bonchev–Trinajstić information content (AvgIpc) is 2.48. The summed E-state index contributed by atoms with van der Waals surface area (Å²) in [7, 11) is 0. The first-order chi connectivity index (χ1) is 10.0. The molecule has 0 heterocycles. The summed E-state index contributed by atoms with van der Waals surface area (Å²) >= 11 is 6.24. The Labute approximate surface area is 132 Å². The van der Waals surface area contributed by atoms with Crippen LogP contribution in [0, 0.1) is 5.92 Å². The Morgan fingerprint density at radius 3 is 2.52 bits per heavy atom. The first-order valence-electron chi connectivity index (χ1n) is 8.05. The van der Waals surface area contributed by atoms with E-state index in [0.29, 0.717) is 17.2 Å². The van der Waals surface area contributed by atoms with Gasteiger partial charge in [0.25, 0.3) is 0 Å². The Kier molecular flexibility index (Phi) is 5.69. The minimum absolute atomic E-state index is 0.136. The standard InChI is InChI=1S/C18H25ClO2/c1-4-21-18-15(12(2)3)10-14(19)11-16(18)17(20)13-8-6-5-7-9-13/h10-13H,4-9H2,1-3H3. The van der Waals surface area contributed by atoms with Crippen molar-refractivity contribution < 1.29 is 9.53 Å². The Balaban J connectivity index is 2.42. The summed E-state index contributed by atoms with van der Waals surface area (Å²) in [5.74, 6) is 1.37. The number of ketones is 1. The Morgan fingerprint density at radius 2 is 1.95 bits per heavy atom. The van der Waals surface area contributed by atoms with Crippen LogP contribution in [0.1, 0.15) is 74.7 Å². The fourth-order valence-electron chi connectivity index (χ4n) is 3.12. The fourth-order valence-corrected chi connectivity index (χ4v) is 3.34. The van der Waals surface area contributed by atoms with E-state index in [1.54, 1.807) is 6.07 Å². The van der Waals surface area contributed by atoms with Gasteiger partial charge in [-0.3, -0.25) is 4.79 Å². The highest BCUT2D eigenvalue weighted by Crippen LogP contribution is 2.37. The number of Topliss-reactive ketones (excluding diaryl/α,β-unsaturated/α-hetero) is 1. The normalized spacial score (nSPS) is 16.2. The molecular formula is C18H25ClO2. The monoisotopic (exact) mass is 308 g/mol. The molecule has 1 aliphatic rings. The maximum absolute atomic E-state index is 12.9. The maximum atomic E-state index is 12.9. The summed E-state index contributed by atoms with van der Waals surface area (Å²) in [5, 5.41) is 0.626. The van der Waals surface area contributed by atoms with Gasteiger partial charge in [0.2, 0.25) is 0 Å². The molecule has 0 radical (unpaired) electrons. The van der Waals surface area contributed by atoms with E-state index in [9.17, 15) is 4.79 Å². The number of carbonyl (C=O) groups excluding carboxylic acids is 1. The van der Waals surface area contributed by atoms with Crippen molar-refractivity contribution >= 4 is 17.4 Å². The third-order valence-corrected chi connectivity index (χ3v) is 4.45. The fraction of sp³-hybridized carbons (Fsp3) is 0.611. The molecule has 1 aliphatic carbocycles. The quantitative estimate of drug-likeness (QED) is 0.659. The Hall–Kier alpha value is -1.02. The minimum atomic E-state index is 0.136. The number of hydrogen-bond donors (Lipinski definition) is 0. The molecule has 2 rings (SSSR count). The van der Waals surface area contributed by atoms with Gasteiger partial charge in [0.05, 0.1) is 12.2 Å². The third-order valence-electron chi connectivity index (χ3n) is 4.23. The minimum Gasteiger partial charge on any atom is -0.493 e. The van der Waals surface area contributed by atoms with Crippen molar-refractivity contribution in [2.75, 3.05) is 6.61 Å². The van der Waals surface area contributed by atoms with Crippen molar-refractivity contribution in [3.05, 3.63) is 28.3 Å². The molecule has 2 nitrogen and oxygen atoms in total. The highest BCUT2D eigenvalue weighted by molar-refractivity contribution is 6.31. The molecule has 3 heteroatoms. The van der Waals surface area contributed by atoms with E-state index in [1.807, 2.05) is 13.0 Å². The predicted octanol–water partition coefficient (Wildman–Crippen LogP) is 5.63. The molecular weight excluding hydrogens is 284 g/mol. The van der Waals surface area contributed by atoms with Crippen LogP contribution in [0.5, 0.6) is 5.75 Å². The first kappa shape index (κ1) is 16.4. The van der Waals surface area contributed by atoms with Crippen LogP contribution in [0.15, 0.2) is 12.1 Å². The second-order valence-electron chi connectivity index (χ2n) is 6.16. The zero-order valence-electron chi connectivity index (χ0n) is 13.2. The van der Waals surface area contributed by atoms with Crippen LogP contribution in [0.25, 0.3) is 0 Å². The Morgan fingerprint density at radius 1 is 1.29 bits per heavy atom. The molecule has 0 saturated heterocycles. The number of rotatable bonds is 5. The number of halogens is 1. The second-order valence-corrected chi connectivity index (χ2v) is 6.60. The van der Waals surface area contributed by atoms with E-state index >= 15 is 0 Å². The van der Waals surface area contributed by atoms with E-state index < -0.39 is 0 Å². The molecule has 0 bridgehead atoms. The lowest BCUT2D eigenvalue weighted by Gasteiger charge is -2.23. The van der Waals surface area contributed by atoms with Crippen molar-refractivity contribution in [3.8, 4) is 5.75 Å². The molecule has 21 heavy (non-hydrogen) atoms. The summed E-state index contributed by atoms with van der Waals surface area (Å²) < 4.78 is 5.82. The summed E-state index contributed by atoms with van der Waals surface area (Å²) in [6, 6.07) is 3.71. The molecule has 116 valence electrons. The van der Waals surface area contributed by atoms with Crippen LogP contribution in [0.3, 0.4) is 0 Å². The van der Waals surface area contributed by atoms with Crippen molar-refractivity contribution in [1.82, 2.24) is 0 Å². The number of benzene rings is 1. The molecule has 1 fully saturated rings. The van der Waals surface area contributed by atoms with Crippen LogP contribution in [-0.2, 0) is 0 Å². The number of hydrogen-bond acceptors (Lipinski definition) is 2. The van der Waals surface area contributed by atoms with Gasteiger partial charge in [-0.05, 0) is 43.4 Å². The van der Waals surface area contributed by atoms with Gasteiger partial charge < -0.3 is 4.74 Å². The van der Waals surface area contributed by atoms with Crippen LogP contribution in [0.4, 0.5) is 0 Å². The summed E-state index contributed by atoms with van der Waals surface area (Å²) in [6.45, 7) is 6.71. The molecule has 0 N–H and O–H groups in total. The smallest absolute Gasteiger partial charge is 0.169 e. The lowest BCUT2D eigenvalue weighted by Crippen LogP contribution is -2.19. The van der Waals surface area contributed by atoms with Crippen LogP contribution < -0.4 is 4.74 Å². The SMILES string of the molecule is CCOc1c(C(=O)C2CCCCC2)cc(Cl)cc1C(C)C. The van der Waals surface area contributed by atoms with Crippen molar-refractivity contribution in [2.24, 2.45) is 5.92 Å². The highest BCUT2D eigenvalue weighted by Gasteiger charge is 2.27. The van der Waals surface area contributed by atoms with Crippen molar-refractivity contribution in [3.63, 3.8) is 0 Å². The van der Waals surface area contributed by atoms with E-state index in [4.69, 9.17) is 16.3 Å². The largest absolute Gasteiger partial charge is 0.493 e. The molecule has 0 aromatic heterocycles. The topological polar surface area (TPSA) is 26.3 Å². The zero-order valence-corrected chi connectivity index (χ0v) is 14.0. The van der Waals surface area contributed by atoms with Crippen LogP contribution in [-0.4, -0.2) is 12.4 Å². The molecule has 1 saturated carbocycles. The summed E-state index contributed by atoms with van der Waals surface area (Å²) in [4.78, 5) is 12.9. The lowest BCUT2D eigenvalue weighted by molar-refractivity contribution is 0.0885. The van der Waals surface area contributed by atoms with Gasteiger partial charge in [-0.1, -0.05) is 44.7 Å². The van der Waals surface area contributed by atoms with Gasteiger partial charge in [0.1, 0.15) is 5.75 Å². The van der Waals surface area contributed by atoms with E-state index in [0.717, 1.165) is 37.0 Å². The predicted molar refractivity (Wildman–Crippen MR) is 87.6 cm³/mol. The molecule has 1 aromatic rings. The highest BCUT2D eigenvalue weighted by atomic mass is 35.5. The van der Waals surface area contributed by atoms with Gasteiger partial charge in [0.15, 0.2) is 5.78 Å². The summed E-state index contributed by atoms with van der Waals surface area (Å²) in [6.07, 6.45) is 5.53. The van der Waals surface area contributed by atoms with E-state index in [2.05, 4.69) is 13.8 Å². The van der Waals surface area contributed by atoms with Crippen LogP contribution >= 0.6 is 11.6 Å². The van der Waals surface area contributed by atoms with Crippen molar-refractivity contribution in [1.29, 1.82) is 0 Å². The van der Waals surface area contributed by atoms with Gasteiger partial charge in [-0.15, -0.1) is 0 Å². The third kappa shape index (κ3) is 3.79. The maximum Gasteiger partial charge on any atom is 0.169 e.